The van der Waals surface area contributed by atoms with Crippen LogP contribution in [0.4, 0.5) is 0 Å². The Morgan fingerprint density at radius 3 is 2.10 bits per heavy atom. The van der Waals surface area contributed by atoms with Crippen LogP contribution in [-0.2, 0) is 14.3 Å². The van der Waals surface area contributed by atoms with E-state index in [1.807, 2.05) is 6.92 Å². The summed E-state index contributed by atoms with van der Waals surface area (Å²) in [5.74, 6) is -0.378. The first-order valence-corrected chi connectivity index (χ1v) is 13.1. The molecule has 2 amide bonds. The first kappa shape index (κ1) is 24.7. The number of rotatable bonds is 15. The van der Waals surface area contributed by atoms with Gasteiger partial charge >= 0.3 is 0 Å². The van der Waals surface area contributed by atoms with Crippen molar-refractivity contribution in [2.24, 2.45) is 11.8 Å². The van der Waals surface area contributed by atoms with Crippen LogP contribution in [0.2, 0.25) is 0 Å². The summed E-state index contributed by atoms with van der Waals surface area (Å²) in [6.45, 7) is 7.07. The van der Waals surface area contributed by atoms with E-state index in [0.717, 1.165) is 30.3 Å². The molecule has 178 valence electrons. The van der Waals surface area contributed by atoms with Crippen molar-refractivity contribution < 1.29 is 18.8 Å². The Labute approximate surface area is 190 Å². The summed E-state index contributed by atoms with van der Waals surface area (Å²) in [4.78, 5) is 27.4. The maximum absolute atomic E-state index is 12.9. The van der Waals surface area contributed by atoms with E-state index in [1.54, 1.807) is 4.90 Å². The Morgan fingerprint density at radius 2 is 1.48 bits per heavy atom. The number of quaternary nitrogens is 1. The van der Waals surface area contributed by atoms with Crippen molar-refractivity contribution in [2.45, 2.75) is 109 Å². The molecule has 0 saturated carbocycles. The van der Waals surface area contributed by atoms with Crippen LogP contribution < -0.4 is 0 Å². The number of amides is 2. The molecule has 5 heteroatoms. The van der Waals surface area contributed by atoms with Gasteiger partial charge in [0.2, 0.25) is 11.8 Å². The van der Waals surface area contributed by atoms with Gasteiger partial charge in [-0.25, -0.2) is 0 Å². The summed E-state index contributed by atoms with van der Waals surface area (Å²) in [6.07, 6.45) is 16.4. The van der Waals surface area contributed by atoms with E-state index in [2.05, 4.69) is 21.0 Å². The first-order chi connectivity index (χ1) is 14.8. The fourth-order valence-corrected chi connectivity index (χ4v) is 6.16. The molecule has 2 bridgehead atoms. The second-order valence-corrected chi connectivity index (χ2v) is 11.3. The van der Waals surface area contributed by atoms with Crippen molar-refractivity contribution in [1.82, 2.24) is 4.90 Å². The molecule has 0 aliphatic carbocycles. The van der Waals surface area contributed by atoms with Crippen LogP contribution in [0.1, 0.15) is 97.3 Å². The molecular weight excluding hydrogens is 388 g/mol. The highest BCUT2D eigenvalue weighted by molar-refractivity contribution is 6.06. The van der Waals surface area contributed by atoms with E-state index in [9.17, 15) is 9.59 Å². The van der Waals surface area contributed by atoms with E-state index in [4.69, 9.17) is 4.74 Å². The lowest BCUT2D eigenvalue weighted by Gasteiger charge is -2.31. The number of likely N-dealkylation sites (tertiary alicyclic amines) is 1. The van der Waals surface area contributed by atoms with Crippen molar-refractivity contribution in [2.75, 3.05) is 33.7 Å². The summed E-state index contributed by atoms with van der Waals surface area (Å²) in [6, 6.07) is 0. The van der Waals surface area contributed by atoms with Crippen LogP contribution in [0.3, 0.4) is 0 Å². The van der Waals surface area contributed by atoms with Crippen LogP contribution in [0.15, 0.2) is 0 Å². The molecule has 0 aromatic rings. The van der Waals surface area contributed by atoms with Crippen LogP contribution in [0.5, 0.6) is 0 Å². The summed E-state index contributed by atoms with van der Waals surface area (Å²) in [7, 11) is 4.57. The molecule has 3 saturated heterocycles. The number of ether oxygens (including phenoxy) is 1. The predicted molar refractivity (Wildman–Crippen MR) is 125 cm³/mol. The zero-order valence-corrected chi connectivity index (χ0v) is 20.7. The lowest BCUT2D eigenvalue weighted by atomic mass is 9.74. The van der Waals surface area contributed by atoms with Crippen molar-refractivity contribution in [1.29, 1.82) is 0 Å². The molecule has 0 unspecified atom stereocenters. The minimum absolute atomic E-state index is 0.0275. The van der Waals surface area contributed by atoms with E-state index in [0.29, 0.717) is 6.54 Å². The Kier molecular flexibility index (Phi) is 8.59. The first-order valence-electron chi connectivity index (χ1n) is 13.1. The van der Waals surface area contributed by atoms with Crippen molar-refractivity contribution in [3.8, 4) is 0 Å². The number of unbranched alkanes of at least 4 members (excludes halogenated alkanes) is 9. The van der Waals surface area contributed by atoms with E-state index < -0.39 is 5.60 Å². The highest BCUT2D eigenvalue weighted by Gasteiger charge is 2.67. The van der Waals surface area contributed by atoms with Gasteiger partial charge in [-0.05, 0) is 32.6 Å². The largest absolute Gasteiger partial charge is 0.370 e. The molecule has 5 nitrogen and oxygen atoms in total. The number of carbonyl (C=O) groups excluding carboxylic acids is 2. The monoisotopic (exact) mass is 435 g/mol. The van der Waals surface area contributed by atoms with Gasteiger partial charge in [-0.3, -0.25) is 14.5 Å². The molecule has 3 fully saturated rings. The Hall–Kier alpha value is -0.940. The number of hydrogen-bond acceptors (Lipinski definition) is 3. The smallest absolute Gasteiger partial charge is 0.236 e. The fourth-order valence-electron chi connectivity index (χ4n) is 6.16. The Morgan fingerprint density at radius 1 is 0.903 bits per heavy atom. The van der Waals surface area contributed by atoms with Crippen molar-refractivity contribution in [3.63, 3.8) is 0 Å². The SMILES string of the molecule is CCCCCCCCCCCC[N+](C)(C)CCCN1C(=O)[C@H]2[C@@H](C1=O)[C@]1(C)CC[C@H]2O1. The lowest BCUT2D eigenvalue weighted by molar-refractivity contribution is -0.890. The minimum Gasteiger partial charge on any atom is -0.370 e. The second kappa shape index (κ2) is 10.8. The Balaban J connectivity index is 1.28. The van der Waals surface area contributed by atoms with Gasteiger partial charge in [0.1, 0.15) is 0 Å². The molecule has 3 heterocycles. The van der Waals surface area contributed by atoms with Gasteiger partial charge in [0, 0.05) is 13.0 Å². The predicted octanol–water partition coefficient (Wildman–Crippen LogP) is 4.93. The Bertz CT molecular complexity index is 620. The van der Waals surface area contributed by atoms with Crippen molar-refractivity contribution >= 4 is 11.8 Å². The number of nitrogens with zero attached hydrogens (tertiary/aromatic N) is 2. The highest BCUT2D eigenvalue weighted by Crippen LogP contribution is 2.54. The normalized spacial score (nSPS) is 29.9. The lowest BCUT2D eigenvalue weighted by Crippen LogP contribution is -2.44. The summed E-state index contributed by atoms with van der Waals surface area (Å²) >= 11 is 0. The van der Waals surface area contributed by atoms with E-state index >= 15 is 0 Å². The summed E-state index contributed by atoms with van der Waals surface area (Å²) in [5.41, 5.74) is -0.401. The zero-order valence-electron chi connectivity index (χ0n) is 20.7. The van der Waals surface area contributed by atoms with Gasteiger partial charge in [0.15, 0.2) is 0 Å². The quantitative estimate of drug-likeness (QED) is 0.208. The van der Waals surface area contributed by atoms with Gasteiger partial charge in [0.25, 0.3) is 0 Å². The maximum Gasteiger partial charge on any atom is 0.236 e. The molecule has 0 radical (unpaired) electrons. The van der Waals surface area contributed by atoms with Gasteiger partial charge < -0.3 is 9.22 Å². The molecule has 3 aliphatic heterocycles. The maximum atomic E-state index is 12.9. The van der Waals surface area contributed by atoms with Crippen LogP contribution in [0.25, 0.3) is 0 Å². The minimum atomic E-state index is -0.401. The second-order valence-electron chi connectivity index (χ2n) is 11.3. The number of fused-ring (bicyclic) bond motifs is 5. The average Bonchev–Trinajstić information content (AvgIpc) is 3.33. The molecule has 0 aromatic carbocycles. The van der Waals surface area contributed by atoms with Gasteiger partial charge in [-0.1, -0.05) is 58.3 Å². The summed E-state index contributed by atoms with van der Waals surface area (Å²) < 4.78 is 6.98. The molecule has 0 aromatic heterocycles. The molecule has 0 spiro atoms. The van der Waals surface area contributed by atoms with Crippen LogP contribution in [-0.4, -0.2) is 66.6 Å². The third kappa shape index (κ3) is 5.90. The zero-order chi connectivity index (χ0) is 22.5. The highest BCUT2D eigenvalue weighted by atomic mass is 16.5. The summed E-state index contributed by atoms with van der Waals surface area (Å²) in [5, 5.41) is 0. The molecule has 31 heavy (non-hydrogen) atoms. The average molecular weight is 436 g/mol. The third-order valence-corrected chi connectivity index (χ3v) is 8.11. The van der Waals surface area contributed by atoms with Gasteiger partial charge in [-0.15, -0.1) is 0 Å². The van der Waals surface area contributed by atoms with E-state index in [1.165, 1.54) is 70.8 Å². The number of carbonyl (C=O) groups is 2. The topological polar surface area (TPSA) is 46.6 Å². The van der Waals surface area contributed by atoms with Gasteiger partial charge in [-0.2, -0.15) is 0 Å². The molecule has 3 aliphatic rings. The standard InChI is InChI=1S/C26H47N2O3/c1-5-6-7-8-9-10-11-12-13-14-19-28(3,4)20-15-18-27-24(29)22-21-16-17-26(2,31-21)23(22)25(27)30/h21-23H,5-20H2,1-4H3/q+1/t21-,22-,23+,26+/m1/s1. The van der Waals surface area contributed by atoms with Crippen LogP contribution >= 0.6 is 0 Å². The molecule has 0 N–H and O–H groups in total. The van der Waals surface area contributed by atoms with Gasteiger partial charge in [0.05, 0.1) is 50.7 Å². The number of hydrogen-bond donors (Lipinski definition) is 0. The van der Waals surface area contributed by atoms with Crippen molar-refractivity contribution in [3.05, 3.63) is 0 Å². The molecular formula is C26H47N2O3+. The molecule has 4 atom stereocenters. The van der Waals surface area contributed by atoms with Crippen LogP contribution in [0, 0.1) is 11.8 Å². The third-order valence-electron chi connectivity index (χ3n) is 8.11. The molecule has 3 rings (SSSR count). The number of imide groups is 1. The van der Waals surface area contributed by atoms with E-state index in [-0.39, 0.29) is 29.8 Å². The fraction of sp³-hybridized carbons (Fsp3) is 0.923.